The second kappa shape index (κ2) is 50.0. The molecule has 6 fully saturated rings. The summed E-state index contributed by atoms with van der Waals surface area (Å²) in [5.41, 5.74) is -9.89. The summed E-state index contributed by atoms with van der Waals surface area (Å²) in [7, 11) is 16.8. The third-order valence-corrected chi connectivity index (χ3v) is 23.1. The van der Waals surface area contributed by atoms with Gasteiger partial charge in [-0.05, 0) is 267 Å². The molecule has 672 valence electrons. The van der Waals surface area contributed by atoms with E-state index in [0.29, 0.717) is 105 Å². The lowest BCUT2D eigenvalue weighted by atomic mass is 9.72. The first-order valence-corrected chi connectivity index (χ1v) is 41.5. The molecule has 12 rings (SSSR count). The fourth-order valence-corrected chi connectivity index (χ4v) is 16.7. The molecule has 6 atom stereocenters. The molecule has 18 heteroatoms. The van der Waals surface area contributed by atoms with Gasteiger partial charge in [-0.25, -0.2) is 0 Å². The Kier molecular flexibility index (Phi) is 21.4. The minimum absolute atomic E-state index is 0.0292. The van der Waals surface area contributed by atoms with Crippen molar-refractivity contribution in [2.45, 2.75) is 262 Å². The van der Waals surface area contributed by atoms with Crippen LogP contribution in [0.15, 0.2) is 145 Å². The maximum Gasteiger partial charge on any atom is 0.118 e. The second-order valence-corrected chi connectivity index (χ2v) is 32.6. The molecule has 0 spiro atoms. The van der Waals surface area contributed by atoms with Crippen molar-refractivity contribution in [3.63, 3.8) is 0 Å². The Hall–Kier alpha value is -6.36. The van der Waals surface area contributed by atoms with Crippen LogP contribution in [0.3, 0.4) is 0 Å². The van der Waals surface area contributed by atoms with E-state index in [4.69, 9.17) is 94.2 Å². The highest BCUT2D eigenvalue weighted by atomic mass is 16.5. The highest BCUT2D eigenvalue weighted by molar-refractivity contribution is 5.37. The standard InChI is InChI=1S/6C17H27NO2/c6*1-18(2)13-16(17(19)11-5-4-6-12-17)14-7-9-15(20-3)10-8-14/h6*7-10,16,19H,4-6,11-13H2,1-3H3/i1D3,2D3,7D,8D,9D,10D,13D2;1D3,7D,8D,9D,10D,13D2;1D3,2D3,7D,8D,9D,10D;7D,8D,9D,10D,13D2;1D3,7D,8D,9D,10D;7D,8D,9D,10D. The monoisotopic (exact) mass is 1710 g/mol. The van der Waals surface area contributed by atoms with Crippen LogP contribution < -0.4 is 28.4 Å². The Bertz CT molecular complexity index is 6030. The van der Waals surface area contributed by atoms with Gasteiger partial charge in [-0.15, -0.1) is 0 Å². The lowest BCUT2D eigenvalue weighted by Gasteiger charge is -2.40. The summed E-state index contributed by atoms with van der Waals surface area (Å²) >= 11 is 0. The molecule has 6 aromatic carbocycles. The van der Waals surface area contributed by atoms with Crippen molar-refractivity contribution in [2.24, 2.45) is 0 Å². The minimum atomic E-state index is -3.46. The predicted octanol–water partition coefficient (Wildman–Crippen LogP) is 18.2. The van der Waals surface area contributed by atoms with E-state index in [2.05, 4.69) is 0 Å². The second-order valence-electron chi connectivity index (χ2n) is 32.6. The summed E-state index contributed by atoms with van der Waals surface area (Å²) in [6.45, 7) is -26.5. The molecule has 6 unspecified atom stereocenters. The van der Waals surface area contributed by atoms with E-state index >= 15 is 0 Å². The summed E-state index contributed by atoms with van der Waals surface area (Å²) in [6, 6.07) is -10.00. The van der Waals surface area contributed by atoms with Crippen LogP contribution in [0.4, 0.5) is 0 Å². The van der Waals surface area contributed by atoms with E-state index in [1.54, 1.807) is 14.1 Å². The number of nitrogens with zero attached hydrogens (tertiary/aromatic N) is 6. The van der Waals surface area contributed by atoms with Gasteiger partial charge in [0.2, 0.25) is 0 Å². The average Bonchev–Trinajstić information content (AvgIpc) is 0.713. The van der Waals surface area contributed by atoms with E-state index in [1.165, 1.54) is 47.5 Å². The Morgan fingerprint density at radius 3 is 0.592 bits per heavy atom. The number of ether oxygens (including phenoxy) is 6. The molecule has 18 nitrogen and oxygen atoms in total. The maximum atomic E-state index is 11.5. The summed E-state index contributed by atoms with van der Waals surface area (Å²) < 4.78 is 418. The Labute approximate surface area is 793 Å². The third-order valence-electron chi connectivity index (χ3n) is 23.1. The summed E-state index contributed by atoms with van der Waals surface area (Å²) in [5, 5.41) is 68.2. The zero-order valence-corrected chi connectivity index (χ0v) is 72.1. The van der Waals surface area contributed by atoms with E-state index in [9.17, 15) is 30.6 Å². The Morgan fingerprint density at radius 2 is 0.408 bits per heavy atom. The molecule has 6 saturated carbocycles. The molecule has 0 aliphatic heterocycles. The smallest absolute Gasteiger partial charge is 0.118 e. The molecular weight excluding hydrogens is 1500 g/mol. The number of benzene rings is 6. The van der Waals surface area contributed by atoms with E-state index in [-0.39, 0.29) is 173 Å². The van der Waals surface area contributed by atoms with Gasteiger partial charge in [-0.2, -0.15) is 0 Å². The lowest BCUT2D eigenvalue weighted by molar-refractivity contribution is -0.0280. The molecule has 6 N–H and O–H groups in total. The fraction of sp³-hybridized carbons (Fsp3) is 0.647. The van der Waals surface area contributed by atoms with Crippen molar-refractivity contribution in [1.29, 1.82) is 0 Å². The molecule has 0 heterocycles. The molecule has 0 bridgehead atoms. The average molecular weight is 1710 g/mol. The lowest BCUT2D eigenvalue weighted by Crippen LogP contribution is -2.42. The van der Waals surface area contributed by atoms with Gasteiger partial charge in [0.05, 0.1) is 109 Å². The SMILES string of the molecule is [2H]c1c([2H])c(C(C2(O)CCCCC2)C([2H])([2H])N(C([2H])([2H])[2H])C([2H])([2H])[2H])c([2H])c([2H])c1OC.[2H]c1c([2H])c(C(C2(O)CCCCC2)C([2H])([2H])N(C)C([2H])([2H])[2H])c([2H])c([2H])c1OC.[2H]c1c([2H])c(C(C2(O)CCCCC2)C([2H])([2H])N(C)C)c([2H])c([2H])c1OC.[2H]c1c([2H])c(C(CN(C([2H])([2H])[2H])C([2H])([2H])[2H])C2(O)CCCCC2)c([2H])c([2H])c1OC.[2H]c1c([2H])c(C(CN(C)C([2H])([2H])[2H])C2(O)CCCCC2)c([2H])c([2H])c1OC.[2H]c1c([2H])c(C(CN(C)C)C2(O)CCCCC2)c([2H])c([2H])c1OC. The van der Waals surface area contributed by atoms with Crippen LogP contribution in [0.2, 0.25) is 0 Å². The highest BCUT2D eigenvalue weighted by Gasteiger charge is 2.45. The van der Waals surface area contributed by atoms with Gasteiger partial charge < -0.3 is 88.5 Å². The zero-order valence-electron chi connectivity index (χ0n) is 120. The summed E-state index contributed by atoms with van der Waals surface area (Å²) in [4.78, 5) is 4.86. The number of hydrogen-bond donors (Lipinski definition) is 6. The van der Waals surface area contributed by atoms with Crippen molar-refractivity contribution < 1.29 is 125 Å². The van der Waals surface area contributed by atoms with Crippen LogP contribution in [0.5, 0.6) is 34.5 Å². The molecule has 6 aromatic rings. The highest BCUT2D eigenvalue weighted by Crippen LogP contribution is 2.47. The van der Waals surface area contributed by atoms with Gasteiger partial charge in [0.15, 0.2) is 0 Å². The maximum absolute atomic E-state index is 11.5. The minimum Gasteiger partial charge on any atom is -0.497 e. The first-order chi connectivity index (χ1) is 76.9. The molecule has 0 saturated heterocycles. The number of hydrogen-bond acceptors (Lipinski definition) is 18. The molecule has 120 heavy (non-hydrogen) atoms. The molecule has 0 radical (unpaired) electrons. The first kappa shape index (κ1) is 51.3. The van der Waals surface area contributed by atoms with Crippen LogP contribution in [0.25, 0.3) is 0 Å². The van der Waals surface area contributed by atoms with Gasteiger partial charge in [-0.3, -0.25) is 0 Å². The largest absolute Gasteiger partial charge is 0.497 e. The van der Waals surface area contributed by atoms with E-state index < -0.39 is 221 Å². The summed E-state index contributed by atoms with van der Waals surface area (Å²) in [5.74, 6) is -8.76. The predicted molar refractivity (Wildman–Crippen MR) is 494 cm³/mol. The van der Waals surface area contributed by atoms with Crippen molar-refractivity contribution in [1.82, 2.24) is 29.4 Å². The van der Waals surface area contributed by atoms with Gasteiger partial charge in [-0.1, -0.05) is 188 Å². The number of rotatable bonds is 30. The number of likely N-dealkylation sites (N-methyl/N-ethyl adjacent to an activating group) is 6. The van der Waals surface area contributed by atoms with Gasteiger partial charge in [0.1, 0.15) is 34.5 Å². The van der Waals surface area contributed by atoms with Crippen molar-refractivity contribution >= 4 is 0 Å². The third kappa shape index (κ3) is 31.1. The molecule has 6 aliphatic carbocycles. The van der Waals surface area contributed by atoms with Crippen LogP contribution in [-0.2, 0) is 0 Å². The molecule has 6 aliphatic rings. The van der Waals surface area contributed by atoms with Gasteiger partial charge in [0, 0.05) is 108 Å². The van der Waals surface area contributed by atoms with Crippen LogP contribution in [-0.4, -0.2) is 260 Å². The van der Waals surface area contributed by atoms with Crippen LogP contribution in [0, 0.1) is 0 Å². The first-order valence-electron chi connectivity index (χ1n) is 65.5. The Morgan fingerprint density at radius 1 is 0.242 bits per heavy atom. The van der Waals surface area contributed by atoms with Gasteiger partial charge >= 0.3 is 0 Å². The van der Waals surface area contributed by atoms with Crippen molar-refractivity contribution in [3.8, 4) is 34.5 Å². The van der Waals surface area contributed by atoms with Crippen molar-refractivity contribution in [3.05, 3.63) is 178 Å². The normalized spacial score (nSPS) is 26.6. The van der Waals surface area contributed by atoms with Gasteiger partial charge in [0.25, 0.3) is 0 Å². The number of aliphatic hydroxyl groups is 6. The molecule has 0 amide bonds. The number of methoxy groups -OCH3 is 6. The van der Waals surface area contributed by atoms with Crippen LogP contribution in [0.1, 0.15) is 327 Å². The van der Waals surface area contributed by atoms with Crippen molar-refractivity contribution in [2.75, 3.05) is 166 Å². The zero-order chi connectivity index (χ0) is 129. The molecular formula is C102H162N6O12. The van der Waals surface area contributed by atoms with E-state index in [0.717, 1.165) is 89.7 Å². The van der Waals surface area contributed by atoms with E-state index in [1.807, 2.05) is 19.0 Å². The summed E-state index contributed by atoms with van der Waals surface area (Å²) in [6.07, 6.45) is 17.0. The Balaban J connectivity index is 0.000000271. The topological polar surface area (TPSA) is 196 Å². The quantitative estimate of drug-likeness (QED) is 0.0249. The van der Waals surface area contributed by atoms with Crippen LogP contribution >= 0.6 is 0 Å². The fourth-order valence-electron chi connectivity index (χ4n) is 16.7. The molecule has 0 aromatic heterocycles.